The van der Waals surface area contributed by atoms with E-state index in [4.69, 9.17) is 8.47 Å². The Morgan fingerprint density at radius 1 is 0.929 bits per heavy atom. The number of methoxy groups -OCH3 is 1. The zero-order valence-corrected chi connectivity index (χ0v) is 16.4. The Kier molecular flexibility index (Phi) is 6.46. The molecule has 1 aliphatic rings. The minimum absolute atomic E-state index is 0.00219. The lowest BCUT2D eigenvalue weighted by Crippen LogP contribution is -2.60. The van der Waals surface area contributed by atoms with Gasteiger partial charge < -0.3 is 4.74 Å². The van der Waals surface area contributed by atoms with E-state index in [0.717, 1.165) is 0 Å². The van der Waals surface area contributed by atoms with Crippen molar-refractivity contribution in [2.24, 2.45) is 0 Å². The minimum Gasteiger partial charge on any atom is -0.469 e. The van der Waals surface area contributed by atoms with Gasteiger partial charge in [0.1, 0.15) is 14.5 Å². The number of esters is 1. The van der Waals surface area contributed by atoms with Crippen molar-refractivity contribution in [3.8, 4) is 0 Å². The molecule has 0 amide bonds. The molecule has 3 rings (SSSR count). The monoisotopic (exact) mass is 420 g/mol. The molecular formula is C20H17ClO6S. The van der Waals surface area contributed by atoms with Crippen LogP contribution in [0.2, 0.25) is 0 Å². The number of benzene rings is 2. The third kappa shape index (κ3) is 5.17. The number of hydrogen-bond donors (Lipinski definition) is 0. The van der Waals surface area contributed by atoms with Crippen molar-refractivity contribution < 1.29 is 37.5 Å². The molecule has 8 heteroatoms. The molecule has 146 valence electrons. The van der Waals surface area contributed by atoms with Gasteiger partial charge in [0.25, 0.3) is 0 Å². The van der Waals surface area contributed by atoms with Crippen molar-refractivity contribution >= 4 is 26.5 Å². The van der Waals surface area contributed by atoms with E-state index in [1.165, 1.54) is 7.11 Å². The first-order valence-electron chi connectivity index (χ1n) is 8.19. The number of hydrogen-bond acceptors (Lipinski definition) is 6. The summed E-state index contributed by atoms with van der Waals surface area (Å²) in [6.45, 7) is 0. The van der Waals surface area contributed by atoms with Gasteiger partial charge >= 0.3 is 5.97 Å². The molecule has 0 bridgehead atoms. The molecule has 2 aromatic carbocycles. The van der Waals surface area contributed by atoms with Crippen LogP contribution in [-0.2, 0) is 13.3 Å². The normalized spacial score (nSPS) is 17.0. The predicted molar refractivity (Wildman–Crippen MR) is 98.4 cm³/mol. The quantitative estimate of drug-likeness (QED) is 0.506. The van der Waals surface area contributed by atoms with Crippen molar-refractivity contribution in [1.29, 1.82) is 0 Å². The second kappa shape index (κ2) is 8.83. The van der Waals surface area contributed by atoms with Gasteiger partial charge in [-0.15, -0.1) is 0 Å². The zero-order valence-electron chi connectivity index (χ0n) is 14.9. The molecular weight excluding hydrogens is 404 g/mol. The van der Waals surface area contributed by atoms with Gasteiger partial charge in [0.15, 0.2) is 0 Å². The van der Waals surface area contributed by atoms with Crippen molar-refractivity contribution in [1.82, 2.24) is 0 Å². The zero-order chi connectivity index (χ0) is 20.1. The molecule has 0 spiro atoms. The van der Waals surface area contributed by atoms with Crippen LogP contribution in [-0.4, -0.2) is 17.9 Å². The minimum atomic E-state index is -4.67. The van der Waals surface area contributed by atoms with E-state index >= 15 is 0 Å². The third-order valence-corrected chi connectivity index (χ3v) is 6.49. The highest BCUT2D eigenvalue weighted by atomic mass is 35.7. The molecule has 2 aromatic rings. The van der Waals surface area contributed by atoms with Crippen molar-refractivity contribution in [2.75, 3.05) is 7.11 Å². The Hall–Kier alpha value is -2.26. The van der Waals surface area contributed by atoms with Crippen LogP contribution in [0.15, 0.2) is 78.4 Å². The Morgan fingerprint density at radius 3 is 2.04 bits per heavy atom. The van der Waals surface area contributed by atoms with Crippen LogP contribution in [0.4, 0.5) is 0 Å². The van der Waals surface area contributed by atoms with Gasteiger partial charge in [-0.3, -0.25) is 4.79 Å². The molecule has 0 saturated heterocycles. The van der Waals surface area contributed by atoms with Gasteiger partial charge in [0, 0.05) is 0 Å². The summed E-state index contributed by atoms with van der Waals surface area (Å²) in [7, 11) is -4.86. The summed E-state index contributed by atoms with van der Waals surface area (Å²) in [5.41, 5.74) is 2.00. The molecule has 0 saturated carbocycles. The van der Waals surface area contributed by atoms with Crippen molar-refractivity contribution in [2.45, 2.75) is 6.42 Å². The molecule has 1 atom stereocenters. The smallest absolute Gasteiger partial charge is 0.309 e. The summed E-state index contributed by atoms with van der Waals surface area (Å²) < 4.78 is 44.0. The second-order valence-electron chi connectivity index (χ2n) is 5.79. The molecule has 6 nitrogen and oxygen atoms in total. The number of allylic oxidation sites excluding steroid dienone is 2. The van der Waals surface area contributed by atoms with E-state index in [2.05, 4.69) is 0 Å². The van der Waals surface area contributed by atoms with Crippen LogP contribution in [0, 0.1) is 10.2 Å². The highest BCUT2D eigenvalue weighted by Gasteiger charge is 2.31. The van der Waals surface area contributed by atoms with Crippen LogP contribution in [0.1, 0.15) is 17.5 Å². The summed E-state index contributed by atoms with van der Waals surface area (Å²) in [4.78, 5) is 12.8. The van der Waals surface area contributed by atoms with E-state index in [1.807, 2.05) is 12.1 Å². The van der Waals surface area contributed by atoms with E-state index in [0.29, 0.717) is 26.5 Å². The standard InChI is InChI=1S/C20H17ClO6S/c1-26-20(22)14-15-12-18(16-8-4-2-5-9-16)28(27-21(23,24)25)19(13-15)17-10-6-3-7-11-17/h2-13H,14H2,1H3. The molecule has 28 heavy (non-hydrogen) atoms. The molecule has 0 N–H and O–H groups in total. The first kappa shape index (κ1) is 20.5. The maximum Gasteiger partial charge on any atom is 0.309 e. The van der Waals surface area contributed by atoms with Crippen LogP contribution in [0.5, 0.6) is 0 Å². The Labute approximate surface area is 167 Å². The Balaban J connectivity index is 2.22. The third-order valence-electron chi connectivity index (χ3n) is 3.87. The molecule has 1 unspecified atom stereocenters. The fourth-order valence-electron chi connectivity index (χ4n) is 2.68. The second-order valence-corrected chi connectivity index (χ2v) is 8.46. The number of carbonyl (C=O) groups excluding carboxylic acids is 1. The largest absolute Gasteiger partial charge is 0.469 e. The predicted octanol–water partition coefficient (Wildman–Crippen LogP) is 0.849. The van der Waals surface area contributed by atoms with Gasteiger partial charge in [-0.05, 0) is 28.9 Å². The summed E-state index contributed by atoms with van der Waals surface area (Å²) in [5.74, 6) is -0.431. The van der Waals surface area contributed by atoms with Crippen LogP contribution >= 0.6 is 10.8 Å². The first-order chi connectivity index (χ1) is 13.4. The van der Waals surface area contributed by atoms with Crippen LogP contribution in [0.3, 0.4) is 0 Å². The van der Waals surface area contributed by atoms with Gasteiger partial charge in [0.2, 0.25) is 0 Å². The maximum absolute atomic E-state index is 11.8. The molecule has 0 aromatic heterocycles. The molecule has 0 fully saturated rings. The first-order valence-corrected chi connectivity index (χ1v) is 10.6. The summed E-state index contributed by atoms with van der Waals surface area (Å²) in [6.07, 6.45) is 3.34. The molecule has 0 aliphatic carbocycles. The fraction of sp³-hybridized carbons (Fsp3) is 0.100. The molecule has 1 heterocycles. The molecule has 0 radical (unpaired) electrons. The van der Waals surface area contributed by atoms with Gasteiger partial charge in [0.05, 0.1) is 33.5 Å². The summed E-state index contributed by atoms with van der Waals surface area (Å²) >= 11 is 0. The maximum atomic E-state index is 11.8. The lowest BCUT2D eigenvalue weighted by atomic mass is 10.0. The SMILES string of the molecule is COC(=O)CC1=CC(c2ccccc2)=S(O[Cl+3]([O-])([O-])[O-])C(c2ccccc2)=C1. The van der Waals surface area contributed by atoms with Gasteiger partial charge in [-0.1, -0.05) is 60.7 Å². The van der Waals surface area contributed by atoms with E-state index < -0.39 is 27.0 Å². The van der Waals surface area contributed by atoms with E-state index in [1.54, 1.807) is 60.7 Å². The Bertz CT molecular complexity index is 946. The lowest BCUT2D eigenvalue weighted by molar-refractivity contribution is -1.91. The number of ether oxygens (including phenoxy) is 1. The van der Waals surface area contributed by atoms with Crippen LogP contribution in [0.25, 0.3) is 4.91 Å². The number of rotatable bonds is 6. The Morgan fingerprint density at radius 2 is 1.50 bits per heavy atom. The topological polar surface area (TPSA) is 105 Å². The highest BCUT2D eigenvalue weighted by molar-refractivity contribution is 8.20. The fourth-order valence-corrected chi connectivity index (χ4v) is 5.29. The van der Waals surface area contributed by atoms with Crippen LogP contribution < -0.4 is 14.0 Å². The molecule has 1 aliphatic heterocycles. The highest BCUT2D eigenvalue weighted by Crippen LogP contribution is 2.43. The summed E-state index contributed by atoms with van der Waals surface area (Å²) in [6, 6.07) is 18.0. The number of carbonyl (C=O) groups is 1. The van der Waals surface area contributed by atoms with E-state index in [9.17, 15) is 18.8 Å². The number of halogens is 1. The van der Waals surface area contributed by atoms with E-state index in [-0.39, 0.29) is 6.42 Å². The van der Waals surface area contributed by atoms with Gasteiger partial charge in [-0.2, -0.15) is 14.0 Å². The van der Waals surface area contributed by atoms with Crippen molar-refractivity contribution in [3.63, 3.8) is 0 Å². The average Bonchev–Trinajstić information content (AvgIpc) is 2.69. The van der Waals surface area contributed by atoms with Crippen molar-refractivity contribution in [3.05, 3.63) is 89.5 Å². The average molecular weight is 421 g/mol. The summed E-state index contributed by atoms with van der Waals surface area (Å²) in [5, 5.41) is 0. The van der Waals surface area contributed by atoms with Gasteiger partial charge in [-0.25, -0.2) is 0 Å². The lowest BCUT2D eigenvalue weighted by Gasteiger charge is -2.21.